The largest absolute Gasteiger partial charge is 0.481 e. The number of carboxylic acids is 2. The standard InChI is InChI=1S/C8H14O4/c1-5(2)6(3-7(9)10)4-8(11)12/h5-6H,3-4H2,1-2H3,(H,9,10)(H,11,12). The van der Waals surface area contributed by atoms with E-state index in [1.165, 1.54) is 0 Å². The smallest absolute Gasteiger partial charge is 0.303 e. The van der Waals surface area contributed by atoms with Gasteiger partial charge in [0, 0.05) is 12.8 Å². The molecule has 0 amide bonds. The molecule has 0 aromatic heterocycles. The molecule has 0 atom stereocenters. The molecule has 0 aliphatic rings. The first-order valence-electron chi connectivity index (χ1n) is 3.87. The molecule has 12 heavy (non-hydrogen) atoms. The Bertz CT molecular complexity index is 158. The molecule has 2 N–H and O–H groups in total. The number of carbonyl (C=O) groups is 2. The Hall–Kier alpha value is -1.06. The van der Waals surface area contributed by atoms with Gasteiger partial charge < -0.3 is 10.2 Å². The molecule has 0 aromatic carbocycles. The number of carboxylic acid groups (broad SMARTS) is 2. The summed E-state index contributed by atoms with van der Waals surface area (Å²) in [7, 11) is 0. The van der Waals surface area contributed by atoms with Crippen LogP contribution >= 0.6 is 0 Å². The second-order valence-corrected chi connectivity index (χ2v) is 3.20. The fraction of sp³-hybridized carbons (Fsp3) is 0.750. The third kappa shape index (κ3) is 4.71. The summed E-state index contributed by atoms with van der Waals surface area (Å²) in [5.41, 5.74) is 0. The van der Waals surface area contributed by atoms with Crippen molar-refractivity contribution in [2.45, 2.75) is 26.7 Å². The molecule has 4 heteroatoms. The first kappa shape index (κ1) is 10.9. The Kier molecular flexibility index (Phi) is 4.33. The third-order valence-corrected chi connectivity index (χ3v) is 1.82. The molecule has 0 aliphatic carbocycles. The van der Waals surface area contributed by atoms with Crippen molar-refractivity contribution in [2.75, 3.05) is 0 Å². The Labute approximate surface area is 71.2 Å². The zero-order valence-corrected chi connectivity index (χ0v) is 7.28. The number of aliphatic carboxylic acids is 2. The normalized spacial score (nSPS) is 10.7. The molecule has 4 nitrogen and oxygen atoms in total. The van der Waals surface area contributed by atoms with E-state index < -0.39 is 11.9 Å². The van der Waals surface area contributed by atoms with Crippen molar-refractivity contribution in [2.24, 2.45) is 11.8 Å². The van der Waals surface area contributed by atoms with Gasteiger partial charge in [0.25, 0.3) is 0 Å². The van der Waals surface area contributed by atoms with Gasteiger partial charge in [-0.05, 0) is 11.8 Å². The molecule has 0 saturated heterocycles. The Morgan fingerprint density at radius 1 is 1.08 bits per heavy atom. The van der Waals surface area contributed by atoms with E-state index in [-0.39, 0.29) is 24.7 Å². The van der Waals surface area contributed by atoms with Crippen LogP contribution in [0.5, 0.6) is 0 Å². The molecule has 0 saturated carbocycles. The van der Waals surface area contributed by atoms with Crippen molar-refractivity contribution in [3.05, 3.63) is 0 Å². The van der Waals surface area contributed by atoms with Crippen molar-refractivity contribution >= 4 is 11.9 Å². The predicted octanol–water partition coefficient (Wildman–Crippen LogP) is 1.21. The Morgan fingerprint density at radius 3 is 1.58 bits per heavy atom. The average Bonchev–Trinajstić information content (AvgIpc) is 1.83. The highest BCUT2D eigenvalue weighted by Gasteiger charge is 2.19. The summed E-state index contributed by atoms with van der Waals surface area (Å²) in [5.74, 6) is -2.04. The maximum Gasteiger partial charge on any atom is 0.303 e. The van der Waals surface area contributed by atoms with Crippen LogP contribution in [0, 0.1) is 11.8 Å². The Morgan fingerprint density at radius 2 is 1.42 bits per heavy atom. The van der Waals surface area contributed by atoms with Gasteiger partial charge in [0.15, 0.2) is 0 Å². The molecule has 0 rings (SSSR count). The quantitative estimate of drug-likeness (QED) is 0.656. The molecule has 0 heterocycles. The van der Waals surface area contributed by atoms with Crippen LogP contribution in [0.15, 0.2) is 0 Å². The molecule has 0 aromatic rings. The maximum absolute atomic E-state index is 10.3. The van der Waals surface area contributed by atoms with Crippen LogP contribution in [-0.2, 0) is 9.59 Å². The average molecular weight is 174 g/mol. The van der Waals surface area contributed by atoms with E-state index in [9.17, 15) is 9.59 Å². The summed E-state index contributed by atoms with van der Waals surface area (Å²) < 4.78 is 0. The van der Waals surface area contributed by atoms with E-state index in [4.69, 9.17) is 10.2 Å². The summed E-state index contributed by atoms with van der Waals surface area (Å²) in [6, 6.07) is 0. The monoisotopic (exact) mass is 174 g/mol. The van der Waals surface area contributed by atoms with Crippen LogP contribution in [0.2, 0.25) is 0 Å². The van der Waals surface area contributed by atoms with E-state index in [2.05, 4.69) is 0 Å². The molecule has 0 unspecified atom stereocenters. The van der Waals surface area contributed by atoms with Crippen molar-refractivity contribution in [1.29, 1.82) is 0 Å². The van der Waals surface area contributed by atoms with Gasteiger partial charge in [0.05, 0.1) is 0 Å². The van der Waals surface area contributed by atoms with E-state index in [1.54, 1.807) is 0 Å². The van der Waals surface area contributed by atoms with E-state index >= 15 is 0 Å². The minimum absolute atomic E-state index is 0.0655. The van der Waals surface area contributed by atoms with Gasteiger partial charge in [-0.3, -0.25) is 9.59 Å². The summed E-state index contributed by atoms with van der Waals surface area (Å²) in [4.78, 5) is 20.6. The highest BCUT2D eigenvalue weighted by Crippen LogP contribution is 2.18. The van der Waals surface area contributed by atoms with Crippen LogP contribution in [0.3, 0.4) is 0 Å². The number of hydrogen-bond acceptors (Lipinski definition) is 2. The Balaban J connectivity index is 4.04. The third-order valence-electron chi connectivity index (χ3n) is 1.82. The van der Waals surface area contributed by atoms with E-state index in [0.29, 0.717) is 0 Å². The topological polar surface area (TPSA) is 74.6 Å². The summed E-state index contributed by atoms with van der Waals surface area (Å²) in [6.45, 7) is 3.66. The van der Waals surface area contributed by atoms with Gasteiger partial charge in [-0.15, -0.1) is 0 Å². The predicted molar refractivity (Wildman–Crippen MR) is 42.8 cm³/mol. The SMILES string of the molecule is CC(C)C(CC(=O)O)CC(=O)O. The van der Waals surface area contributed by atoms with E-state index in [0.717, 1.165) is 0 Å². The fourth-order valence-electron chi connectivity index (χ4n) is 0.992. The van der Waals surface area contributed by atoms with Gasteiger partial charge in [-0.1, -0.05) is 13.8 Å². The van der Waals surface area contributed by atoms with Gasteiger partial charge in [0.2, 0.25) is 0 Å². The highest BCUT2D eigenvalue weighted by molar-refractivity contribution is 5.70. The first-order chi connectivity index (χ1) is 5.43. The molecule has 0 fully saturated rings. The van der Waals surface area contributed by atoms with Crippen molar-refractivity contribution in [1.82, 2.24) is 0 Å². The summed E-state index contributed by atoms with van der Waals surface area (Å²) in [6.07, 6.45) is -0.131. The van der Waals surface area contributed by atoms with Crippen LogP contribution in [-0.4, -0.2) is 22.2 Å². The van der Waals surface area contributed by atoms with Crippen LogP contribution < -0.4 is 0 Å². The summed E-state index contributed by atoms with van der Waals surface area (Å²) >= 11 is 0. The van der Waals surface area contributed by atoms with Gasteiger partial charge in [-0.2, -0.15) is 0 Å². The molecular formula is C8H14O4. The second kappa shape index (κ2) is 4.74. The second-order valence-electron chi connectivity index (χ2n) is 3.20. The minimum atomic E-state index is -0.935. The van der Waals surface area contributed by atoms with Crippen LogP contribution in [0.25, 0.3) is 0 Å². The zero-order valence-electron chi connectivity index (χ0n) is 7.28. The number of rotatable bonds is 5. The lowest BCUT2D eigenvalue weighted by atomic mass is 9.90. The van der Waals surface area contributed by atoms with Gasteiger partial charge in [0.1, 0.15) is 0 Å². The summed E-state index contributed by atoms with van der Waals surface area (Å²) in [5, 5.41) is 16.9. The lowest BCUT2D eigenvalue weighted by Gasteiger charge is -2.15. The van der Waals surface area contributed by atoms with Gasteiger partial charge in [-0.25, -0.2) is 0 Å². The van der Waals surface area contributed by atoms with Gasteiger partial charge >= 0.3 is 11.9 Å². The molecular weight excluding hydrogens is 160 g/mol. The fourth-order valence-corrected chi connectivity index (χ4v) is 0.992. The van der Waals surface area contributed by atoms with Crippen molar-refractivity contribution < 1.29 is 19.8 Å². The lowest BCUT2D eigenvalue weighted by Crippen LogP contribution is -2.17. The van der Waals surface area contributed by atoms with Crippen molar-refractivity contribution in [3.8, 4) is 0 Å². The number of hydrogen-bond donors (Lipinski definition) is 2. The van der Waals surface area contributed by atoms with E-state index in [1.807, 2.05) is 13.8 Å². The first-order valence-corrected chi connectivity index (χ1v) is 3.87. The molecule has 0 spiro atoms. The maximum atomic E-state index is 10.3. The molecule has 0 radical (unpaired) electrons. The molecule has 0 bridgehead atoms. The van der Waals surface area contributed by atoms with Crippen LogP contribution in [0.4, 0.5) is 0 Å². The lowest BCUT2D eigenvalue weighted by molar-refractivity contribution is -0.141. The van der Waals surface area contributed by atoms with Crippen molar-refractivity contribution in [3.63, 3.8) is 0 Å². The highest BCUT2D eigenvalue weighted by atomic mass is 16.4. The van der Waals surface area contributed by atoms with Crippen LogP contribution in [0.1, 0.15) is 26.7 Å². The zero-order chi connectivity index (χ0) is 9.72. The molecule has 0 aliphatic heterocycles. The minimum Gasteiger partial charge on any atom is -0.481 e. The molecule has 70 valence electrons.